The average Bonchev–Trinajstić information content (AvgIpc) is 2.61. The second-order valence-corrected chi connectivity index (χ2v) is 6.14. The molecule has 0 aliphatic carbocycles. The number of fused-ring (bicyclic) bond motifs is 1. The molecule has 1 saturated heterocycles. The van der Waals surface area contributed by atoms with Crippen LogP contribution in [0.1, 0.15) is 16.8 Å². The van der Waals surface area contributed by atoms with Gasteiger partial charge in [-0.05, 0) is 24.1 Å². The number of aliphatic hydroxyl groups is 1. The van der Waals surface area contributed by atoms with Crippen molar-refractivity contribution in [2.24, 2.45) is 5.73 Å². The SMILES string of the molecule is Cc1cc(CO)c2cccc(CC(=O)N3CCO[C@@H](CN)C3)c2n1. The van der Waals surface area contributed by atoms with Crippen LogP contribution in [0.4, 0.5) is 0 Å². The van der Waals surface area contributed by atoms with Gasteiger partial charge in [0.15, 0.2) is 0 Å². The molecule has 1 aromatic carbocycles. The molecule has 3 N–H and O–H groups in total. The van der Waals surface area contributed by atoms with Crippen LogP contribution in [0, 0.1) is 6.92 Å². The first-order chi connectivity index (χ1) is 11.6. The second kappa shape index (κ2) is 7.25. The van der Waals surface area contributed by atoms with Crippen LogP contribution >= 0.6 is 0 Å². The van der Waals surface area contributed by atoms with Gasteiger partial charge >= 0.3 is 0 Å². The summed E-state index contributed by atoms with van der Waals surface area (Å²) in [5.74, 6) is 0.0538. The van der Waals surface area contributed by atoms with Gasteiger partial charge in [-0.15, -0.1) is 0 Å². The lowest BCUT2D eigenvalue weighted by molar-refractivity contribution is -0.137. The molecule has 0 spiro atoms. The van der Waals surface area contributed by atoms with Crippen molar-refractivity contribution in [2.45, 2.75) is 26.1 Å². The molecular formula is C18H23N3O3. The van der Waals surface area contributed by atoms with E-state index in [-0.39, 0.29) is 25.0 Å². The van der Waals surface area contributed by atoms with E-state index in [0.717, 1.165) is 27.7 Å². The van der Waals surface area contributed by atoms with Crippen molar-refractivity contribution in [1.82, 2.24) is 9.88 Å². The Morgan fingerprint density at radius 1 is 1.46 bits per heavy atom. The van der Waals surface area contributed by atoms with Crippen LogP contribution in [-0.2, 0) is 22.6 Å². The second-order valence-electron chi connectivity index (χ2n) is 6.14. The summed E-state index contributed by atoms with van der Waals surface area (Å²) in [6.45, 7) is 3.92. The number of hydrogen-bond acceptors (Lipinski definition) is 5. The van der Waals surface area contributed by atoms with Gasteiger partial charge in [-0.1, -0.05) is 18.2 Å². The molecule has 6 heteroatoms. The minimum atomic E-state index is -0.0865. The van der Waals surface area contributed by atoms with E-state index < -0.39 is 0 Å². The van der Waals surface area contributed by atoms with Crippen LogP contribution < -0.4 is 5.73 Å². The lowest BCUT2D eigenvalue weighted by Gasteiger charge is -2.32. The first kappa shape index (κ1) is 16.8. The van der Waals surface area contributed by atoms with E-state index in [1.807, 2.05) is 36.1 Å². The minimum Gasteiger partial charge on any atom is -0.392 e. The summed E-state index contributed by atoms with van der Waals surface area (Å²) in [5, 5.41) is 10.5. The largest absolute Gasteiger partial charge is 0.392 e. The number of aromatic nitrogens is 1. The quantitative estimate of drug-likeness (QED) is 0.865. The summed E-state index contributed by atoms with van der Waals surface area (Å²) < 4.78 is 5.51. The van der Waals surface area contributed by atoms with Crippen molar-refractivity contribution in [2.75, 3.05) is 26.2 Å². The first-order valence-corrected chi connectivity index (χ1v) is 8.20. The number of nitrogens with zero attached hydrogens (tertiary/aromatic N) is 2. The van der Waals surface area contributed by atoms with E-state index in [1.165, 1.54) is 0 Å². The smallest absolute Gasteiger partial charge is 0.227 e. The number of carbonyl (C=O) groups excluding carboxylic acids is 1. The molecule has 6 nitrogen and oxygen atoms in total. The maximum absolute atomic E-state index is 12.7. The summed E-state index contributed by atoms with van der Waals surface area (Å²) in [6, 6.07) is 7.64. The third-order valence-corrected chi connectivity index (χ3v) is 4.40. The molecule has 1 atom stereocenters. The fourth-order valence-electron chi connectivity index (χ4n) is 3.16. The number of morpholine rings is 1. The van der Waals surface area contributed by atoms with Gasteiger partial charge in [-0.2, -0.15) is 0 Å². The third-order valence-electron chi connectivity index (χ3n) is 4.40. The molecule has 2 heterocycles. The Morgan fingerprint density at radius 3 is 3.04 bits per heavy atom. The summed E-state index contributed by atoms with van der Waals surface area (Å²) >= 11 is 0. The van der Waals surface area contributed by atoms with Crippen molar-refractivity contribution in [3.63, 3.8) is 0 Å². The van der Waals surface area contributed by atoms with Crippen molar-refractivity contribution >= 4 is 16.8 Å². The number of carbonyl (C=O) groups is 1. The summed E-state index contributed by atoms with van der Waals surface area (Å²) in [6.07, 6.45) is 0.201. The molecule has 1 aliphatic rings. The number of aryl methyl sites for hydroxylation is 1. The Balaban J connectivity index is 1.87. The lowest BCUT2D eigenvalue weighted by atomic mass is 10.0. The summed E-state index contributed by atoms with van der Waals surface area (Å²) in [7, 11) is 0. The molecular weight excluding hydrogens is 306 g/mol. The van der Waals surface area contributed by atoms with Crippen LogP contribution in [-0.4, -0.2) is 53.2 Å². The highest BCUT2D eigenvalue weighted by atomic mass is 16.5. The van der Waals surface area contributed by atoms with E-state index in [1.54, 1.807) is 0 Å². The van der Waals surface area contributed by atoms with Crippen molar-refractivity contribution in [1.29, 1.82) is 0 Å². The van der Waals surface area contributed by atoms with Gasteiger partial charge in [0.05, 0.1) is 31.3 Å². The zero-order valence-electron chi connectivity index (χ0n) is 13.9. The van der Waals surface area contributed by atoms with Crippen LogP contribution in [0.3, 0.4) is 0 Å². The molecule has 0 bridgehead atoms. The van der Waals surface area contributed by atoms with Gasteiger partial charge in [0.1, 0.15) is 0 Å². The number of ether oxygens (including phenoxy) is 1. The van der Waals surface area contributed by atoms with Gasteiger partial charge in [0, 0.05) is 30.7 Å². The molecule has 1 amide bonds. The Hall–Kier alpha value is -2.02. The number of para-hydroxylation sites is 1. The predicted molar refractivity (Wildman–Crippen MR) is 91.5 cm³/mol. The van der Waals surface area contributed by atoms with Crippen molar-refractivity contribution < 1.29 is 14.6 Å². The molecule has 2 aromatic rings. The Bertz CT molecular complexity index is 748. The molecule has 3 rings (SSSR count). The normalized spacial score (nSPS) is 18.1. The van der Waals surface area contributed by atoms with Gasteiger partial charge in [0.25, 0.3) is 0 Å². The fraction of sp³-hybridized carbons (Fsp3) is 0.444. The Kier molecular flexibility index (Phi) is 5.08. The van der Waals surface area contributed by atoms with Gasteiger partial charge < -0.3 is 20.5 Å². The van der Waals surface area contributed by atoms with Gasteiger partial charge in [0.2, 0.25) is 5.91 Å². The number of nitrogens with two attached hydrogens (primary N) is 1. The number of hydrogen-bond donors (Lipinski definition) is 2. The molecule has 24 heavy (non-hydrogen) atoms. The standard InChI is InChI=1S/C18H23N3O3/c1-12-7-14(11-22)16-4-2-3-13(18(16)20-12)8-17(23)21-5-6-24-15(9-19)10-21/h2-4,7,15,22H,5-6,8-11,19H2,1H3/t15-/m0/s1. The van der Waals surface area contributed by atoms with Crippen LogP contribution in [0.15, 0.2) is 24.3 Å². The average molecular weight is 329 g/mol. The van der Waals surface area contributed by atoms with E-state index in [2.05, 4.69) is 4.98 Å². The molecule has 0 saturated carbocycles. The van der Waals surface area contributed by atoms with Crippen molar-refractivity contribution in [3.8, 4) is 0 Å². The van der Waals surface area contributed by atoms with E-state index in [4.69, 9.17) is 10.5 Å². The minimum absolute atomic E-state index is 0.0428. The van der Waals surface area contributed by atoms with E-state index in [9.17, 15) is 9.90 Å². The van der Waals surface area contributed by atoms with Crippen molar-refractivity contribution in [3.05, 3.63) is 41.1 Å². The van der Waals surface area contributed by atoms with Crippen LogP contribution in [0.5, 0.6) is 0 Å². The van der Waals surface area contributed by atoms with E-state index in [0.29, 0.717) is 26.2 Å². The number of pyridine rings is 1. The highest BCUT2D eigenvalue weighted by molar-refractivity contribution is 5.89. The summed E-state index contributed by atoms with van der Waals surface area (Å²) in [5.41, 5.74) is 8.98. The molecule has 1 aromatic heterocycles. The molecule has 128 valence electrons. The Morgan fingerprint density at radius 2 is 2.29 bits per heavy atom. The number of benzene rings is 1. The molecule has 0 radical (unpaired) electrons. The fourth-order valence-corrected chi connectivity index (χ4v) is 3.16. The molecule has 1 fully saturated rings. The van der Waals surface area contributed by atoms with Crippen LogP contribution in [0.2, 0.25) is 0 Å². The van der Waals surface area contributed by atoms with Crippen LogP contribution in [0.25, 0.3) is 10.9 Å². The topological polar surface area (TPSA) is 88.7 Å². The monoisotopic (exact) mass is 329 g/mol. The highest BCUT2D eigenvalue weighted by Crippen LogP contribution is 2.23. The summed E-state index contributed by atoms with van der Waals surface area (Å²) in [4.78, 5) is 19.1. The third kappa shape index (κ3) is 3.40. The molecule has 1 aliphatic heterocycles. The van der Waals surface area contributed by atoms with Gasteiger partial charge in [-0.3, -0.25) is 9.78 Å². The van der Waals surface area contributed by atoms with Gasteiger partial charge in [-0.25, -0.2) is 0 Å². The Labute approximate surface area is 141 Å². The maximum Gasteiger partial charge on any atom is 0.227 e. The molecule has 0 unspecified atom stereocenters. The lowest BCUT2D eigenvalue weighted by Crippen LogP contribution is -2.48. The van der Waals surface area contributed by atoms with E-state index >= 15 is 0 Å². The predicted octanol–water partition coefficient (Wildman–Crippen LogP) is 0.764. The highest BCUT2D eigenvalue weighted by Gasteiger charge is 2.24. The maximum atomic E-state index is 12.7. The number of aliphatic hydroxyl groups excluding tert-OH is 1. The zero-order valence-corrected chi connectivity index (χ0v) is 13.9. The number of amides is 1. The zero-order chi connectivity index (χ0) is 17.1. The number of rotatable bonds is 4. The first-order valence-electron chi connectivity index (χ1n) is 8.20.